The minimum atomic E-state index is -0.328. The van der Waals surface area contributed by atoms with Crippen LogP contribution in [-0.4, -0.2) is 20.3 Å². The molecule has 0 amide bonds. The van der Waals surface area contributed by atoms with E-state index in [1.807, 2.05) is 18.2 Å². The number of nitrogens with one attached hydrogen (secondary N) is 1. The second kappa shape index (κ2) is 5.91. The van der Waals surface area contributed by atoms with Gasteiger partial charge in [-0.1, -0.05) is 12.1 Å². The van der Waals surface area contributed by atoms with Crippen LogP contribution in [0.25, 0.3) is 0 Å². The van der Waals surface area contributed by atoms with Crippen LogP contribution in [0.5, 0.6) is 17.2 Å². The molecule has 0 aromatic heterocycles. The zero-order valence-electron chi connectivity index (χ0n) is 11.7. The first-order chi connectivity index (χ1) is 10.3. The molecule has 0 unspecified atom stereocenters. The summed E-state index contributed by atoms with van der Waals surface area (Å²) in [6, 6.07) is 10.2. The minimum absolute atomic E-state index is 0.328. The zero-order valence-corrected chi connectivity index (χ0v) is 11.7. The van der Waals surface area contributed by atoms with Crippen LogP contribution in [-0.2, 0) is 6.54 Å². The first-order valence-electron chi connectivity index (χ1n) is 6.73. The maximum atomic E-state index is 13.2. The molecular weight excluding hydrogens is 273 g/mol. The molecule has 110 valence electrons. The molecule has 2 aromatic carbocycles. The number of benzene rings is 2. The Morgan fingerprint density at radius 2 is 2.05 bits per heavy atom. The van der Waals surface area contributed by atoms with Crippen molar-refractivity contribution in [3.8, 4) is 17.2 Å². The highest BCUT2D eigenvalue weighted by atomic mass is 19.1. The van der Waals surface area contributed by atoms with Crippen LogP contribution in [0.15, 0.2) is 36.4 Å². The fourth-order valence-electron chi connectivity index (χ4n) is 2.27. The topological polar surface area (TPSA) is 39.7 Å². The molecule has 1 N–H and O–H groups in total. The molecule has 4 nitrogen and oxygen atoms in total. The van der Waals surface area contributed by atoms with Gasteiger partial charge in [0.2, 0.25) is 0 Å². The number of hydrogen-bond acceptors (Lipinski definition) is 4. The van der Waals surface area contributed by atoms with Crippen LogP contribution in [0.1, 0.15) is 5.56 Å². The molecule has 1 aliphatic heterocycles. The lowest BCUT2D eigenvalue weighted by Gasteiger charge is -2.21. The molecule has 0 radical (unpaired) electrons. The maximum absolute atomic E-state index is 13.2. The third kappa shape index (κ3) is 2.86. The van der Waals surface area contributed by atoms with Gasteiger partial charge < -0.3 is 19.5 Å². The van der Waals surface area contributed by atoms with E-state index in [4.69, 9.17) is 14.2 Å². The lowest BCUT2D eigenvalue weighted by atomic mass is 10.1. The summed E-state index contributed by atoms with van der Waals surface area (Å²) < 4.78 is 29.6. The van der Waals surface area contributed by atoms with E-state index in [0.29, 0.717) is 25.5 Å². The molecule has 2 aromatic rings. The Kier molecular flexibility index (Phi) is 3.81. The largest absolute Gasteiger partial charge is 0.494 e. The van der Waals surface area contributed by atoms with E-state index in [-0.39, 0.29) is 5.82 Å². The number of halogens is 1. The SMILES string of the molecule is COc1cc(F)ccc1NCc1cccc2c1OCCO2. The number of para-hydroxylation sites is 1. The van der Waals surface area contributed by atoms with Gasteiger partial charge in [0, 0.05) is 18.2 Å². The van der Waals surface area contributed by atoms with Crippen LogP contribution in [0.4, 0.5) is 10.1 Å². The molecule has 0 aliphatic carbocycles. The van der Waals surface area contributed by atoms with Crippen LogP contribution in [0, 0.1) is 5.82 Å². The summed E-state index contributed by atoms with van der Waals surface area (Å²) in [5.41, 5.74) is 1.71. The Labute approximate surface area is 122 Å². The Bertz CT molecular complexity index is 645. The number of fused-ring (bicyclic) bond motifs is 1. The maximum Gasteiger partial charge on any atom is 0.166 e. The first-order valence-corrected chi connectivity index (χ1v) is 6.73. The van der Waals surface area contributed by atoms with Gasteiger partial charge in [-0.15, -0.1) is 0 Å². The number of hydrogen-bond donors (Lipinski definition) is 1. The van der Waals surface area contributed by atoms with Crippen LogP contribution >= 0.6 is 0 Å². The van der Waals surface area contributed by atoms with Crippen molar-refractivity contribution >= 4 is 5.69 Å². The van der Waals surface area contributed by atoms with Crippen molar-refractivity contribution in [1.82, 2.24) is 0 Å². The molecule has 1 heterocycles. The monoisotopic (exact) mass is 289 g/mol. The molecule has 0 atom stereocenters. The normalized spacial score (nSPS) is 12.9. The molecule has 3 rings (SSSR count). The van der Waals surface area contributed by atoms with Crippen LogP contribution in [0.3, 0.4) is 0 Å². The standard InChI is InChI=1S/C16H16FNO3/c1-19-15-9-12(17)5-6-13(15)18-10-11-3-2-4-14-16(11)21-8-7-20-14/h2-6,9,18H,7-8,10H2,1H3. The van der Waals surface area contributed by atoms with Crippen molar-refractivity contribution in [3.63, 3.8) is 0 Å². The fraction of sp³-hybridized carbons (Fsp3) is 0.250. The van der Waals surface area contributed by atoms with E-state index < -0.39 is 0 Å². The summed E-state index contributed by atoms with van der Waals surface area (Å²) in [5.74, 6) is 1.66. The highest BCUT2D eigenvalue weighted by molar-refractivity contribution is 5.57. The molecule has 0 fully saturated rings. The minimum Gasteiger partial charge on any atom is -0.494 e. The summed E-state index contributed by atoms with van der Waals surface area (Å²) in [5, 5.41) is 3.23. The zero-order chi connectivity index (χ0) is 14.7. The molecule has 1 aliphatic rings. The summed E-state index contributed by atoms with van der Waals surface area (Å²) in [7, 11) is 1.52. The number of ether oxygens (including phenoxy) is 3. The highest BCUT2D eigenvalue weighted by Gasteiger charge is 2.15. The van der Waals surface area contributed by atoms with Crippen LogP contribution in [0.2, 0.25) is 0 Å². The average molecular weight is 289 g/mol. The van der Waals surface area contributed by atoms with E-state index in [9.17, 15) is 4.39 Å². The van der Waals surface area contributed by atoms with Crippen molar-refractivity contribution in [2.24, 2.45) is 0 Å². The van der Waals surface area contributed by atoms with Crippen molar-refractivity contribution in [1.29, 1.82) is 0 Å². The van der Waals surface area contributed by atoms with Crippen molar-refractivity contribution in [2.45, 2.75) is 6.54 Å². The number of methoxy groups -OCH3 is 1. The molecule has 0 spiro atoms. The van der Waals surface area contributed by atoms with E-state index in [1.165, 1.54) is 19.2 Å². The second-order valence-corrected chi connectivity index (χ2v) is 4.64. The third-order valence-corrected chi connectivity index (χ3v) is 3.28. The smallest absolute Gasteiger partial charge is 0.166 e. The predicted octanol–water partition coefficient (Wildman–Crippen LogP) is 3.22. The van der Waals surface area contributed by atoms with Gasteiger partial charge in [0.15, 0.2) is 11.5 Å². The van der Waals surface area contributed by atoms with Gasteiger partial charge in [-0.3, -0.25) is 0 Å². The van der Waals surface area contributed by atoms with Gasteiger partial charge >= 0.3 is 0 Å². The Morgan fingerprint density at radius 3 is 2.90 bits per heavy atom. The van der Waals surface area contributed by atoms with Crippen molar-refractivity contribution < 1.29 is 18.6 Å². The molecular formula is C16H16FNO3. The van der Waals surface area contributed by atoms with E-state index >= 15 is 0 Å². The lowest BCUT2D eigenvalue weighted by Crippen LogP contribution is -2.17. The second-order valence-electron chi connectivity index (χ2n) is 4.64. The summed E-state index contributed by atoms with van der Waals surface area (Å²) in [6.45, 7) is 1.65. The van der Waals surface area contributed by atoms with Gasteiger partial charge in [0.05, 0.1) is 12.8 Å². The number of rotatable bonds is 4. The van der Waals surface area contributed by atoms with Crippen LogP contribution < -0.4 is 19.5 Å². The fourth-order valence-corrected chi connectivity index (χ4v) is 2.27. The summed E-state index contributed by atoms with van der Waals surface area (Å²) >= 11 is 0. The van der Waals surface area contributed by atoms with Gasteiger partial charge in [0.1, 0.15) is 24.8 Å². The van der Waals surface area contributed by atoms with Gasteiger partial charge in [-0.05, 0) is 18.2 Å². The molecule has 21 heavy (non-hydrogen) atoms. The predicted molar refractivity (Wildman–Crippen MR) is 77.7 cm³/mol. The van der Waals surface area contributed by atoms with Crippen molar-refractivity contribution in [3.05, 3.63) is 47.8 Å². The first kappa shape index (κ1) is 13.5. The lowest BCUT2D eigenvalue weighted by molar-refractivity contribution is 0.170. The quantitative estimate of drug-likeness (QED) is 0.938. The Hall–Kier alpha value is -2.43. The molecule has 5 heteroatoms. The molecule has 0 saturated heterocycles. The molecule has 0 saturated carbocycles. The van der Waals surface area contributed by atoms with Gasteiger partial charge in [-0.25, -0.2) is 4.39 Å². The van der Waals surface area contributed by atoms with Gasteiger partial charge in [0.25, 0.3) is 0 Å². The van der Waals surface area contributed by atoms with Gasteiger partial charge in [-0.2, -0.15) is 0 Å². The Balaban J connectivity index is 1.79. The van der Waals surface area contributed by atoms with E-state index in [0.717, 1.165) is 22.7 Å². The highest BCUT2D eigenvalue weighted by Crippen LogP contribution is 2.34. The number of anilines is 1. The van der Waals surface area contributed by atoms with E-state index in [1.54, 1.807) is 6.07 Å². The average Bonchev–Trinajstić information content (AvgIpc) is 2.53. The van der Waals surface area contributed by atoms with E-state index in [2.05, 4.69) is 5.32 Å². The summed E-state index contributed by atoms with van der Waals surface area (Å²) in [4.78, 5) is 0. The Morgan fingerprint density at radius 1 is 1.19 bits per heavy atom. The summed E-state index contributed by atoms with van der Waals surface area (Å²) in [6.07, 6.45) is 0. The molecule has 0 bridgehead atoms. The van der Waals surface area contributed by atoms with Crippen molar-refractivity contribution in [2.75, 3.05) is 25.6 Å². The third-order valence-electron chi connectivity index (χ3n) is 3.28.